The predicted octanol–water partition coefficient (Wildman–Crippen LogP) is 2.05. The van der Waals surface area contributed by atoms with Gasteiger partial charge in [-0.25, -0.2) is 0 Å². The SMILES string of the molecule is CCOC(OCC)C(O)C1CCOC2(CCSC2)C1. The van der Waals surface area contributed by atoms with E-state index in [9.17, 15) is 5.11 Å². The van der Waals surface area contributed by atoms with Crippen LogP contribution in [0.2, 0.25) is 0 Å². The molecule has 112 valence electrons. The topological polar surface area (TPSA) is 47.9 Å². The van der Waals surface area contributed by atoms with E-state index in [0.29, 0.717) is 13.2 Å². The highest BCUT2D eigenvalue weighted by molar-refractivity contribution is 7.99. The molecule has 0 amide bonds. The van der Waals surface area contributed by atoms with Crippen LogP contribution in [0.1, 0.15) is 33.1 Å². The number of hydrogen-bond acceptors (Lipinski definition) is 5. The molecule has 3 atom stereocenters. The minimum atomic E-state index is -0.550. The van der Waals surface area contributed by atoms with E-state index in [1.807, 2.05) is 25.6 Å². The second-order valence-electron chi connectivity index (χ2n) is 5.36. The van der Waals surface area contributed by atoms with Gasteiger partial charge in [-0.2, -0.15) is 11.8 Å². The second-order valence-corrected chi connectivity index (χ2v) is 6.46. The molecule has 0 aliphatic carbocycles. The number of hydrogen-bond donors (Lipinski definition) is 1. The number of aliphatic hydroxyl groups is 1. The van der Waals surface area contributed by atoms with Crippen molar-refractivity contribution in [1.82, 2.24) is 0 Å². The first-order valence-electron chi connectivity index (χ1n) is 7.34. The van der Waals surface area contributed by atoms with E-state index in [4.69, 9.17) is 14.2 Å². The van der Waals surface area contributed by atoms with E-state index in [1.165, 1.54) is 5.75 Å². The molecule has 0 aromatic rings. The molecule has 3 unspecified atom stereocenters. The summed E-state index contributed by atoms with van der Waals surface area (Å²) in [5.74, 6) is 2.45. The van der Waals surface area contributed by atoms with Gasteiger partial charge in [0.15, 0.2) is 6.29 Å². The largest absolute Gasteiger partial charge is 0.388 e. The zero-order valence-electron chi connectivity index (χ0n) is 12.0. The van der Waals surface area contributed by atoms with Gasteiger partial charge in [-0.1, -0.05) is 0 Å². The highest BCUT2D eigenvalue weighted by Crippen LogP contribution is 2.41. The maximum atomic E-state index is 10.5. The fourth-order valence-electron chi connectivity index (χ4n) is 3.02. The molecule has 1 N–H and O–H groups in total. The molecule has 0 aromatic heterocycles. The Morgan fingerprint density at radius 3 is 2.68 bits per heavy atom. The normalized spacial score (nSPS) is 33.2. The smallest absolute Gasteiger partial charge is 0.183 e. The molecular weight excluding hydrogens is 264 g/mol. The Balaban J connectivity index is 1.94. The van der Waals surface area contributed by atoms with Crippen molar-refractivity contribution in [2.24, 2.45) is 5.92 Å². The summed E-state index contributed by atoms with van der Waals surface area (Å²) in [5, 5.41) is 10.5. The van der Waals surface area contributed by atoms with E-state index in [0.717, 1.165) is 31.6 Å². The minimum Gasteiger partial charge on any atom is -0.388 e. The van der Waals surface area contributed by atoms with Crippen LogP contribution in [0.3, 0.4) is 0 Å². The van der Waals surface area contributed by atoms with Crippen LogP contribution in [0.25, 0.3) is 0 Å². The maximum absolute atomic E-state index is 10.5. The molecule has 2 aliphatic rings. The fourth-order valence-corrected chi connectivity index (χ4v) is 4.39. The van der Waals surface area contributed by atoms with Crippen molar-refractivity contribution >= 4 is 11.8 Å². The van der Waals surface area contributed by atoms with Gasteiger partial charge in [-0.3, -0.25) is 0 Å². The van der Waals surface area contributed by atoms with Gasteiger partial charge in [0.25, 0.3) is 0 Å². The first-order valence-corrected chi connectivity index (χ1v) is 8.49. The van der Waals surface area contributed by atoms with Gasteiger partial charge < -0.3 is 19.3 Å². The highest BCUT2D eigenvalue weighted by atomic mass is 32.2. The van der Waals surface area contributed by atoms with Gasteiger partial charge in [-0.05, 0) is 44.8 Å². The van der Waals surface area contributed by atoms with Crippen molar-refractivity contribution in [1.29, 1.82) is 0 Å². The van der Waals surface area contributed by atoms with Crippen molar-refractivity contribution in [3.8, 4) is 0 Å². The molecule has 2 rings (SSSR count). The summed E-state index contributed by atoms with van der Waals surface area (Å²) >= 11 is 1.95. The van der Waals surface area contributed by atoms with Gasteiger partial charge in [-0.15, -0.1) is 0 Å². The molecule has 1 spiro atoms. The van der Waals surface area contributed by atoms with Crippen molar-refractivity contribution in [3.05, 3.63) is 0 Å². The molecule has 0 radical (unpaired) electrons. The van der Waals surface area contributed by atoms with Crippen LogP contribution in [-0.2, 0) is 14.2 Å². The molecule has 2 fully saturated rings. The molecule has 0 bridgehead atoms. The number of ether oxygens (including phenoxy) is 3. The van der Waals surface area contributed by atoms with E-state index >= 15 is 0 Å². The van der Waals surface area contributed by atoms with Crippen LogP contribution in [0, 0.1) is 5.92 Å². The monoisotopic (exact) mass is 290 g/mol. The lowest BCUT2D eigenvalue weighted by Crippen LogP contribution is -2.47. The summed E-state index contributed by atoms with van der Waals surface area (Å²) in [6.45, 7) is 5.72. The summed E-state index contributed by atoms with van der Waals surface area (Å²) in [4.78, 5) is 0. The quantitative estimate of drug-likeness (QED) is 0.759. The average Bonchev–Trinajstić information content (AvgIpc) is 2.86. The first kappa shape index (κ1) is 15.6. The van der Waals surface area contributed by atoms with Crippen molar-refractivity contribution < 1.29 is 19.3 Å². The zero-order valence-corrected chi connectivity index (χ0v) is 12.8. The van der Waals surface area contributed by atoms with E-state index in [2.05, 4.69) is 0 Å². The second kappa shape index (κ2) is 7.27. The van der Waals surface area contributed by atoms with Gasteiger partial charge in [0.2, 0.25) is 0 Å². The lowest BCUT2D eigenvalue weighted by Gasteiger charge is -2.40. The van der Waals surface area contributed by atoms with Crippen molar-refractivity contribution in [2.45, 2.75) is 51.1 Å². The number of rotatable bonds is 6. The van der Waals surface area contributed by atoms with Crippen LogP contribution in [0.5, 0.6) is 0 Å². The Bertz CT molecular complexity index is 262. The number of aliphatic hydroxyl groups excluding tert-OH is 1. The van der Waals surface area contributed by atoms with Crippen LogP contribution in [-0.4, -0.2) is 54.4 Å². The van der Waals surface area contributed by atoms with Crippen LogP contribution >= 0.6 is 11.8 Å². The fraction of sp³-hybridized carbons (Fsp3) is 1.00. The third-order valence-corrected chi connectivity index (χ3v) is 5.24. The lowest BCUT2D eigenvalue weighted by molar-refractivity contribution is -0.215. The van der Waals surface area contributed by atoms with Crippen LogP contribution in [0.4, 0.5) is 0 Å². The first-order chi connectivity index (χ1) is 9.21. The summed E-state index contributed by atoms with van der Waals surface area (Å²) in [6, 6.07) is 0. The van der Waals surface area contributed by atoms with E-state index in [1.54, 1.807) is 0 Å². The highest BCUT2D eigenvalue weighted by Gasteiger charge is 2.43. The van der Waals surface area contributed by atoms with E-state index < -0.39 is 12.4 Å². The average molecular weight is 290 g/mol. The molecular formula is C14H26O4S. The molecule has 5 heteroatoms. The summed E-state index contributed by atoms with van der Waals surface area (Å²) < 4.78 is 17.1. The Hall–Kier alpha value is 0.190. The molecule has 4 nitrogen and oxygen atoms in total. The summed E-state index contributed by atoms with van der Waals surface area (Å²) in [6.07, 6.45) is 1.88. The van der Waals surface area contributed by atoms with Crippen LogP contribution in [0.15, 0.2) is 0 Å². The Kier molecular flexibility index (Phi) is 5.96. The molecule has 2 aliphatic heterocycles. The number of thioether (sulfide) groups is 1. The molecule has 0 aromatic carbocycles. The Morgan fingerprint density at radius 1 is 1.37 bits per heavy atom. The van der Waals surface area contributed by atoms with Gasteiger partial charge in [0.05, 0.1) is 5.60 Å². The molecule has 0 saturated carbocycles. The Morgan fingerprint density at radius 2 is 2.11 bits per heavy atom. The lowest BCUT2D eigenvalue weighted by atomic mass is 9.82. The third kappa shape index (κ3) is 3.85. The standard InChI is InChI=1S/C14H26O4S/c1-3-16-13(17-4-2)12(15)11-5-7-18-14(9-11)6-8-19-10-14/h11-13,15H,3-10H2,1-2H3. The van der Waals surface area contributed by atoms with Gasteiger partial charge >= 0.3 is 0 Å². The van der Waals surface area contributed by atoms with Gasteiger partial charge in [0, 0.05) is 25.6 Å². The van der Waals surface area contributed by atoms with Crippen LogP contribution < -0.4 is 0 Å². The van der Waals surface area contributed by atoms with Crippen molar-refractivity contribution in [3.63, 3.8) is 0 Å². The predicted molar refractivity (Wildman–Crippen MR) is 76.4 cm³/mol. The third-order valence-electron chi connectivity index (χ3n) is 4.02. The van der Waals surface area contributed by atoms with Crippen molar-refractivity contribution in [2.75, 3.05) is 31.3 Å². The maximum Gasteiger partial charge on any atom is 0.183 e. The molecule has 19 heavy (non-hydrogen) atoms. The van der Waals surface area contributed by atoms with E-state index in [-0.39, 0.29) is 11.5 Å². The minimum absolute atomic E-state index is 0.00244. The van der Waals surface area contributed by atoms with Gasteiger partial charge in [0.1, 0.15) is 6.10 Å². The zero-order chi connectivity index (χ0) is 13.7. The summed E-state index contributed by atoms with van der Waals surface area (Å²) in [7, 11) is 0. The summed E-state index contributed by atoms with van der Waals surface area (Å²) in [5.41, 5.74) is -0.00244. The molecule has 2 heterocycles. The Labute approximate surface area is 120 Å². The molecule has 2 saturated heterocycles.